The number of nitrogens with two attached hydrogens (primary N) is 2. The fourth-order valence-corrected chi connectivity index (χ4v) is 0.915. The molecule has 0 fully saturated rings. The standard InChI is InChI=1S/C8H11N3O/c9-5-6-2-1-3-7(4-6)8(10)11-12/h1-4,12H,5,9H2,(H2,10,11). The Morgan fingerprint density at radius 1 is 1.50 bits per heavy atom. The normalized spacial score (nSPS) is 11.6. The van der Waals surface area contributed by atoms with Gasteiger partial charge in [-0.15, -0.1) is 0 Å². The van der Waals surface area contributed by atoms with E-state index in [0.717, 1.165) is 5.56 Å². The second-order valence-electron chi connectivity index (χ2n) is 2.39. The van der Waals surface area contributed by atoms with Gasteiger partial charge in [0, 0.05) is 12.1 Å². The number of rotatable bonds is 2. The average Bonchev–Trinajstić information content (AvgIpc) is 2.17. The lowest BCUT2D eigenvalue weighted by Crippen LogP contribution is -2.13. The first-order valence-electron chi connectivity index (χ1n) is 3.55. The van der Waals surface area contributed by atoms with E-state index >= 15 is 0 Å². The van der Waals surface area contributed by atoms with Crippen LogP contribution in [0.2, 0.25) is 0 Å². The van der Waals surface area contributed by atoms with Crippen LogP contribution in [0.15, 0.2) is 29.4 Å². The molecule has 0 aromatic heterocycles. The van der Waals surface area contributed by atoms with Gasteiger partial charge in [0.15, 0.2) is 5.84 Å². The SMILES string of the molecule is NCc1cccc(/C(N)=N/O)c1. The lowest BCUT2D eigenvalue weighted by molar-refractivity contribution is 0.318. The van der Waals surface area contributed by atoms with Crippen molar-refractivity contribution in [3.8, 4) is 0 Å². The zero-order chi connectivity index (χ0) is 8.97. The Morgan fingerprint density at radius 3 is 2.83 bits per heavy atom. The quantitative estimate of drug-likeness (QED) is 0.254. The molecule has 5 N–H and O–H groups in total. The predicted molar refractivity (Wildman–Crippen MR) is 46.8 cm³/mol. The van der Waals surface area contributed by atoms with E-state index in [1.54, 1.807) is 12.1 Å². The molecule has 0 aliphatic carbocycles. The first kappa shape index (κ1) is 8.55. The predicted octanol–water partition coefficient (Wildman–Crippen LogP) is 0.240. The molecule has 0 radical (unpaired) electrons. The van der Waals surface area contributed by atoms with Crippen molar-refractivity contribution < 1.29 is 5.21 Å². The molecule has 0 saturated carbocycles. The molecule has 1 aromatic rings. The minimum atomic E-state index is 0.102. The number of amidine groups is 1. The van der Waals surface area contributed by atoms with E-state index in [1.807, 2.05) is 12.1 Å². The molecule has 0 heterocycles. The molecule has 1 aromatic carbocycles. The summed E-state index contributed by atoms with van der Waals surface area (Å²) in [5, 5.41) is 11.3. The first-order valence-corrected chi connectivity index (χ1v) is 3.55. The summed E-state index contributed by atoms with van der Waals surface area (Å²) in [4.78, 5) is 0. The highest BCUT2D eigenvalue weighted by molar-refractivity contribution is 5.97. The van der Waals surface area contributed by atoms with Crippen molar-refractivity contribution in [2.75, 3.05) is 0 Å². The Morgan fingerprint density at radius 2 is 2.25 bits per heavy atom. The fourth-order valence-electron chi connectivity index (χ4n) is 0.915. The third kappa shape index (κ3) is 1.73. The molecule has 4 nitrogen and oxygen atoms in total. The third-order valence-corrected chi connectivity index (χ3v) is 1.57. The van der Waals surface area contributed by atoms with Crippen LogP contribution in [0.5, 0.6) is 0 Å². The van der Waals surface area contributed by atoms with Gasteiger partial charge in [0.2, 0.25) is 0 Å². The maximum Gasteiger partial charge on any atom is 0.170 e. The molecule has 4 heteroatoms. The lowest BCUT2D eigenvalue weighted by Gasteiger charge is -2.00. The van der Waals surface area contributed by atoms with Crippen LogP contribution >= 0.6 is 0 Å². The Hall–Kier alpha value is -1.55. The van der Waals surface area contributed by atoms with Gasteiger partial charge < -0.3 is 16.7 Å². The molecule has 0 unspecified atom stereocenters. The summed E-state index contributed by atoms with van der Waals surface area (Å²) in [6.45, 7) is 0.451. The van der Waals surface area contributed by atoms with Crippen molar-refractivity contribution >= 4 is 5.84 Å². The fraction of sp³-hybridized carbons (Fsp3) is 0.125. The van der Waals surface area contributed by atoms with Crippen molar-refractivity contribution in [2.45, 2.75) is 6.54 Å². The molecule has 0 atom stereocenters. The van der Waals surface area contributed by atoms with Crippen LogP contribution in [0.25, 0.3) is 0 Å². The maximum absolute atomic E-state index is 8.38. The van der Waals surface area contributed by atoms with Crippen molar-refractivity contribution in [3.05, 3.63) is 35.4 Å². The highest BCUT2D eigenvalue weighted by atomic mass is 16.4. The van der Waals surface area contributed by atoms with Gasteiger partial charge in [0.25, 0.3) is 0 Å². The zero-order valence-corrected chi connectivity index (χ0v) is 6.57. The Balaban J connectivity index is 3.02. The van der Waals surface area contributed by atoms with E-state index in [1.165, 1.54) is 0 Å². The number of hydrogen-bond acceptors (Lipinski definition) is 3. The average molecular weight is 165 g/mol. The van der Waals surface area contributed by atoms with Crippen molar-refractivity contribution in [1.82, 2.24) is 0 Å². The van der Waals surface area contributed by atoms with Crippen LogP contribution in [-0.4, -0.2) is 11.0 Å². The smallest absolute Gasteiger partial charge is 0.170 e. The minimum Gasteiger partial charge on any atom is -0.409 e. The molecule has 1 rings (SSSR count). The summed E-state index contributed by atoms with van der Waals surface area (Å²) < 4.78 is 0. The number of nitrogens with zero attached hydrogens (tertiary/aromatic N) is 1. The van der Waals surface area contributed by atoms with Crippen LogP contribution in [0.1, 0.15) is 11.1 Å². The third-order valence-electron chi connectivity index (χ3n) is 1.57. The second kappa shape index (κ2) is 3.73. The van der Waals surface area contributed by atoms with Gasteiger partial charge in [-0.25, -0.2) is 0 Å². The monoisotopic (exact) mass is 165 g/mol. The number of hydrogen-bond donors (Lipinski definition) is 3. The first-order chi connectivity index (χ1) is 5.77. The molecule has 12 heavy (non-hydrogen) atoms. The van der Waals surface area contributed by atoms with E-state index in [4.69, 9.17) is 16.7 Å². The summed E-state index contributed by atoms with van der Waals surface area (Å²) in [6.07, 6.45) is 0. The summed E-state index contributed by atoms with van der Waals surface area (Å²) in [7, 11) is 0. The van der Waals surface area contributed by atoms with E-state index in [0.29, 0.717) is 12.1 Å². The van der Waals surface area contributed by atoms with Gasteiger partial charge in [-0.2, -0.15) is 0 Å². The van der Waals surface area contributed by atoms with Crippen molar-refractivity contribution in [3.63, 3.8) is 0 Å². The maximum atomic E-state index is 8.38. The summed E-state index contributed by atoms with van der Waals surface area (Å²) in [6, 6.07) is 7.24. The molecule has 0 amide bonds. The number of oxime groups is 1. The Bertz CT molecular complexity index is 296. The molecular weight excluding hydrogens is 154 g/mol. The summed E-state index contributed by atoms with van der Waals surface area (Å²) in [5.41, 5.74) is 12.4. The van der Waals surface area contributed by atoms with Gasteiger partial charge in [-0.1, -0.05) is 23.4 Å². The summed E-state index contributed by atoms with van der Waals surface area (Å²) >= 11 is 0. The second-order valence-corrected chi connectivity index (χ2v) is 2.39. The highest BCUT2D eigenvalue weighted by Crippen LogP contribution is 2.03. The molecule has 0 aliphatic rings. The van der Waals surface area contributed by atoms with Crippen LogP contribution < -0.4 is 11.5 Å². The molecule has 0 bridgehead atoms. The van der Waals surface area contributed by atoms with Crippen LogP contribution in [0.3, 0.4) is 0 Å². The lowest BCUT2D eigenvalue weighted by atomic mass is 10.1. The molecule has 0 aliphatic heterocycles. The highest BCUT2D eigenvalue weighted by Gasteiger charge is 1.98. The van der Waals surface area contributed by atoms with Gasteiger partial charge in [-0.05, 0) is 11.6 Å². The van der Waals surface area contributed by atoms with Crippen molar-refractivity contribution in [2.24, 2.45) is 16.6 Å². The minimum absolute atomic E-state index is 0.102. The van der Waals surface area contributed by atoms with Gasteiger partial charge in [-0.3, -0.25) is 0 Å². The van der Waals surface area contributed by atoms with Crippen LogP contribution in [-0.2, 0) is 6.54 Å². The Kier molecular flexibility index (Phi) is 2.66. The largest absolute Gasteiger partial charge is 0.409 e. The molecular formula is C8H11N3O. The number of benzene rings is 1. The van der Waals surface area contributed by atoms with Crippen LogP contribution in [0.4, 0.5) is 0 Å². The Labute approximate surface area is 70.5 Å². The van der Waals surface area contributed by atoms with E-state index in [9.17, 15) is 0 Å². The molecule has 0 spiro atoms. The zero-order valence-electron chi connectivity index (χ0n) is 6.57. The van der Waals surface area contributed by atoms with Crippen molar-refractivity contribution in [1.29, 1.82) is 0 Å². The van der Waals surface area contributed by atoms with E-state index in [-0.39, 0.29) is 5.84 Å². The van der Waals surface area contributed by atoms with Gasteiger partial charge in [0.05, 0.1) is 0 Å². The van der Waals surface area contributed by atoms with E-state index in [2.05, 4.69) is 5.16 Å². The molecule has 64 valence electrons. The topological polar surface area (TPSA) is 84.6 Å². The molecule has 0 saturated heterocycles. The van der Waals surface area contributed by atoms with E-state index < -0.39 is 0 Å². The van der Waals surface area contributed by atoms with Gasteiger partial charge in [0.1, 0.15) is 0 Å². The van der Waals surface area contributed by atoms with Crippen LogP contribution in [0, 0.1) is 0 Å². The summed E-state index contributed by atoms with van der Waals surface area (Å²) in [5.74, 6) is 0.102. The van der Waals surface area contributed by atoms with Gasteiger partial charge >= 0.3 is 0 Å².